The Bertz CT molecular complexity index is 1940. The summed E-state index contributed by atoms with van der Waals surface area (Å²) in [5.74, 6) is -1.70. The van der Waals surface area contributed by atoms with Crippen LogP contribution in [-0.2, 0) is 32.0 Å². The standard InChI is InChI=1S/C38H40N8O6/c1-23-29(22-41-32(42-23)27-9-6-16-39-21-27)34(48)45-30-20-26-10-12-28(13-11-26)52-18-17-40-37(51)38(14-15-38)46-36(50)31(19-25-7-4-3-5-8-25)44-33(47)24(2)43-35(30)49/h3-13,16,21-22,24,30-31H,14-15,17-20H2,1-2H3,(H,40,51)(H,43,49)(H,44,47)(H,45,48)(H,46,50)/t24-,30-,31+/m0/s1. The summed E-state index contributed by atoms with van der Waals surface area (Å²) >= 11 is 0. The Morgan fingerprint density at radius 3 is 2.38 bits per heavy atom. The number of fused-ring (bicyclic) bond motifs is 15. The first-order valence-corrected chi connectivity index (χ1v) is 17.1. The molecular weight excluding hydrogens is 664 g/mol. The number of aromatic nitrogens is 3. The number of hydrogen-bond donors (Lipinski definition) is 5. The summed E-state index contributed by atoms with van der Waals surface area (Å²) in [6.07, 6.45) is 5.81. The van der Waals surface area contributed by atoms with Crippen molar-refractivity contribution in [2.24, 2.45) is 0 Å². The topological polar surface area (TPSA) is 193 Å². The zero-order valence-electron chi connectivity index (χ0n) is 28.8. The van der Waals surface area contributed by atoms with Gasteiger partial charge in [-0.25, -0.2) is 9.97 Å². The molecule has 2 aromatic heterocycles. The van der Waals surface area contributed by atoms with Crippen LogP contribution in [0.1, 0.15) is 46.9 Å². The zero-order valence-corrected chi connectivity index (χ0v) is 28.8. The lowest BCUT2D eigenvalue weighted by molar-refractivity contribution is -0.134. The summed E-state index contributed by atoms with van der Waals surface area (Å²) in [5.41, 5.74) is 1.69. The van der Waals surface area contributed by atoms with E-state index in [0.717, 1.165) is 5.56 Å². The second-order valence-corrected chi connectivity index (χ2v) is 13.0. The monoisotopic (exact) mass is 704 g/mol. The molecule has 52 heavy (non-hydrogen) atoms. The Kier molecular flexibility index (Phi) is 10.8. The first-order valence-electron chi connectivity index (χ1n) is 17.1. The number of nitrogens with zero attached hydrogens (tertiary/aromatic N) is 3. The van der Waals surface area contributed by atoms with Gasteiger partial charge < -0.3 is 31.3 Å². The molecule has 1 aliphatic carbocycles. The lowest BCUT2D eigenvalue weighted by Gasteiger charge is -2.25. The number of hydrogen-bond acceptors (Lipinski definition) is 9. The molecule has 0 radical (unpaired) electrons. The third kappa shape index (κ3) is 8.75. The first kappa shape index (κ1) is 35.6. The summed E-state index contributed by atoms with van der Waals surface area (Å²) < 4.78 is 5.82. The largest absolute Gasteiger partial charge is 0.492 e. The van der Waals surface area contributed by atoms with E-state index in [1.807, 2.05) is 36.4 Å². The van der Waals surface area contributed by atoms with Gasteiger partial charge in [-0.15, -0.1) is 0 Å². The maximum atomic E-state index is 13.8. The van der Waals surface area contributed by atoms with Gasteiger partial charge >= 0.3 is 0 Å². The van der Waals surface area contributed by atoms with Crippen molar-refractivity contribution < 1.29 is 28.7 Å². The fourth-order valence-electron chi connectivity index (χ4n) is 5.82. The second kappa shape index (κ2) is 15.8. The van der Waals surface area contributed by atoms with Gasteiger partial charge in [0.15, 0.2) is 5.82 Å². The first-order chi connectivity index (χ1) is 25.1. The number of carbonyl (C=O) groups is 5. The van der Waals surface area contributed by atoms with Crippen molar-refractivity contribution in [2.75, 3.05) is 13.2 Å². The molecule has 2 aliphatic heterocycles. The van der Waals surface area contributed by atoms with Crippen molar-refractivity contribution in [3.63, 3.8) is 0 Å². The number of aryl methyl sites for hydroxylation is 1. The minimum atomic E-state index is -1.11. The van der Waals surface area contributed by atoms with E-state index < -0.39 is 47.3 Å². The molecule has 14 heteroatoms. The van der Waals surface area contributed by atoms with E-state index in [9.17, 15) is 24.0 Å². The Morgan fingerprint density at radius 2 is 1.69 bits per heavy atom. The summed E-state index contributed by atoms with van der Waals surface area (Å²) in [6.45, 7) is 3.56. The van der Waals surface area contributed by atoms with Crippen LogP contribution in [0.3, 0.4) is 0 Å². The average molecular weight is 705 g/mol. The smallest absolute Gasteiger partial charge is 0.255 e. The molecule has 1 fully saturated rings. The van der Waals surface area contributed by atoms with Crippen LogP contribution in [0.15, 0.2) is 85.3 Å². The molecule has 2 bridgehead atoms. The average Bonchev–Trinajstić information content (AvgIpc) is 3.94. The lowest BCUT2D eigenvalue weighted by Crippen LogP contribution is -2.59. The molecule has 0 unspecified atom stereocenters. The Morgan fingerprint density at radius 1 is 0.923 bits per heavy atom. The molecule has 5 amide bonds. The van der Waals surface area contributed by atoms with E-state index in [2.05, 4.69) is 41.5 Å². The predicted molar refractivity (Wildman–Crippen MR) is 190 cm³/mol. The van der Waals surface area contributed by atoms with Gasteiger partial charge in [0, 0.05) is 37.0 Å². The van der Waals surface area contributed by atoms with Crippen molar-refractivity contribution in [1.82, 2.24) is 41.5 Å². The second-order valence-electron chi connectivity index (χ2n) is 13.0. The molecule has 1 saturated carbocycles. The molecule has 2 aromatic carbocycles. The fraction of sp³-hybridized carbons (Fsp3) is 0.316. The van der Waals surface area contributed by atoms with Crippen LogP contribution in [0, 0.1) is 6.92 Å². The normalized spacial score (nSPS) is 20.8. The summed E-state index contributed by atoms with van der Waals surface area (Å²) in [4.78, 5) is 80.6. The van der Waals surface area contributed by atoms with Crippen LogP contribution < -0.4 is 31.3 Å². The van der Waals surface area contributed by atoms with E-state index in [-0.39, 0.29) is 37.5 Å². The molecule has 4 heterocycles. The van der Waals surface area contributed by atoms with Crippen LogP contribution >= 0.6 is 0 Å². The third-order valence-electron chi connectivity index (χ3n) is 9.00. The van der Waals surface area contributed by atoms with Crippen molar-refractivity contribution in [3.05, 3.63) is 108 Å². The van der Waals surface area contributed by atoms with Gasteiger partial charge in [-0.3, -0.25) is 29.0 Å². The Balaban J connectivity index is 1.24. The molecule has 4 aromatic rings. The molecule has 268 valence electrons. The van der Waals surface area contributed by atoms with Crippen molar-refractivity contribution >= 4 is 29.5 Å². The van der Waals surface area contributed by atoms with E-state index in [0.29, 0.717) is 41.2 Å². The van der Waals surface area contributed by atoms with Gasteiger partial charge in [0.1, 0.15) is 36.0 Å². The summed E-state index contributed by atoms with van der Waals surface area (Å²) in [7, 11) is 0. The van der Waals surface area contributed by atoms with E-state index in [4.69, 9.17) is 4.74 Å². The highest BCUT2D eigenvalue weighted by Gasteiger charge is 2.51. The maximum Gasteiger partial charge on any atom is 0.255 e. The molecule has 7 rings (SSSR count). The molecule has 5 N–H and O–H groups in total. The molecule has 3 aliphatic rings. The van der Waals surface area contributed by atoms with Crippen molar-refractivity contribution in [1.29, 1.82) is 0 Å². The highest BCUT2D eigenvalue weighted by atomic mass is 16.5. The van der Waals surface area contributed by atoms with Crippen LogP contribution in [0.4, 0.5) is 0 Å². The van der Waals surface area contributed by atoms with E-state index in [1.165, 1.54) is 13.1 Å². The van der Waals surface area contributed by atoms with Crippen molar-refractivity contribution in [3.8, 4) is 17.1 Å². The highest BCUT2D eigenvalue weighted by molar-refractivity contribution is 6.00. The molecular formula is C38H40N8O6. The Labute approximate surface area is 300 Å². The Hall–Kier alpha value is -6.18. The van der Waals surface area contributed by atoms with Gasteiger partial charge in [-0.05, 0) is 62.1 Å². The quantitative estimate of drug-likeness (QED) is 0.192. The fourth-order valence-corrected chi connectivity index (χ4v) is 5.82. The van der Waals surface area contributed by atoms with Crippen LogP contribution in [-0.4, -0.2) is 81.3 Å². The number of rotatable bonds is 5. The maximum absolute atomic E-state index is 13.8. The van der Waals surface area contributed by atoms with Crippen LogP contribution in [0.2, 0.25) is 0 Å². The molecule has 0 saturated heterocycles. The number of ether oxygens (including phenoxy) is 1. The van der Waals surface area contributed by atoms with E-state index in [1.54, 1.807) is 49.6 Å². The number of nitrogens with one attached hydrogen (secondary N) is 5. The van der Waals surface area contributed by atoms with Gasteiger partial charge in [0.05, 0.1) is 17.8 Å². The van der Waals surface area contributed by atoms with Gasteiger partial charge in [0.2, 0.25) is 23.6 Å². The lowest BCUT2D eigenvalue weighted by atomic mass is 10.0. The molecule has 1 spiro atoms. The number of carbonyl (C=O) groups excluding carboxylic acids is 5. The number of benzene rings is 2. The molecule has 3 atom stereocenters. The SMILES string of the molecule is Cc1nc(-c2cccnc2)ncc1C(=O)N[C@H]1Cc2ccc(cc2)OCCNC(=O)C2(CC2)NC(=O)[C@@H](Cc2ccccc2)NC(=O)[C@H](C)NC1=O. The zero-order chi connectivity index (χ0) is 36.7. The predicted octanol–water partition coefficient (Wildman–Crippen LogP) is 1.58. The number of amides is 5. The number of pyridine rings is 1. The van der Waals surface area contributed by atoms with Crippen LogP contribution in [0.5, 0.6) is 5.75 Å². The van der Waals surface area contributed by atoms with Gasteiger partial charge in [-0.2, -0.15) is 0 Å². The highest BCUT2D eigenvalue weighted by Crippen LogP contribution is 2.35. The summed E-state index contributed by atoms with van der Waals surface area (Å²) in [6, 6.07) is 16.5. The van der Waals surface area contributed by atoms with E-state index >= 15 is 0 Å². The minimum Gasteiger partial charge on any atom is -0.492 e. The molecule has 14 nitrogen and oxygen atoms in total. The van der Waals surface area contributed by atoms with Gasteiger partial charge in [0.25, 0.3) is 5.91 Å². The van der Waals surface area contributed by atoms with Crippen LogP contribution in [0.25, 0.3) is 11.4 Å². The van der Waals surface area contributed by atoms with Gasteiger partial charge in [-0.1, -0.05) is 42.5 Å². The minimum absolute atomic E-state index is 0.0804. The summed E-state index contributed by atoms with van der Waals surface area (Å²) in [5, 5.41) is 14.0. The third-order valence-corrected chi connectivity index (χ3v) is 9.00. The van der Waals surface area contributed by atoms with Crippen molar-refractivity contribution in [2.45, 2.75) is 63.2 Å².